The summed E-state index contributed by atoms with van der Waals surface area (Å²) in [6, 6.07) is 4.34. The zero-order chi connectivity index (χ0) is 28.3. The number of carbonyl (C=O) groups excluding carboxylic acids is 3. The first kappa shape index (κ1) is 30.3. The molecule has 0 saturated carbocycles. The number of amides is 1. The summed E-state index contributed by atoms with van der Waals surface area (Å²) in [5, 5.41) is 21.4. The number of hydrogen-bond acceptors (Lipinski definition) is 9. The first-order valence-corrected chi connectivity index (χ1v) is 14.7. The maximum atomic E-state index is 13.2. The van der Waals surface area contributed by atoms with E-state index in [9.17, 15) is 29.6 Å². The number of carbonyl (C=O) groups is 3. The lowest BCUT2D eigenvalue weighted by atomic mass is 9.78. The molecule has 0 radical (unpaired) electrons. The third-order valence-corrected chi connectivity index (χ3v) is 11.6. The van der Waals surface area contributed by atoms with Crippen molar-refractivity contribution in [2.24, 2.45) is 5.92 Å². The molecule has 37 heavy (non-hydrogen) atoms. The number of likely N-dealkylation sites (tertiary alicyclic amines) is 1. The highest BCUT2D eigenvalue weighted by Gasteiger charge is 2.59. The van der Waals surface area contributed by atoms with Crippen molar-refractivity contribution in [2.45, 2.75) is 76.9 Å². The lowest BCUT2D eigenvalue weighted by Crippen LogP contribution is -2.74. The smallest absolute Gasteiger partial charge is 0.356 e. The van der Waals surface area contributed by atoms with Crippen molar-refractivity contribution in [3.63, 3.8) is 0 Å². The second-order valence-corrected chi connectivity index (χ2v) is 15.3. The van der Waals surface area contributed by atoms with Crippen LogP contribution in [-0.2, 0) is 34.9 Å². The van der Waals surface area contributed by atoms with Crippen LogP contribution in [-0.4, -0.2) is 72.5 Å². The van der Waals surface area contributed by atoms with Crippen LogP contribution in [0.4, 0.5) is 5.69 Å². The number of esters is 1. The first-order valence-electron chi connectivity index (χ1n) is 11.8. The molecule has 1 amide bonds. The number of methoxy groups -OCH3 is 1. The second-order valence-electron chi connectivity index (χ2n) is 10.5. The Morgan fingerprint density at radius 3 is 2.30 bits per heavy atom. The summed E-state index contributed by atoms with van der Waals surface area (Å²) in [5.74, 6) is -3.05. The summed E-state index contributed by atoms with van der Waals surface area (Å²) in [4.78, 5) is 49.6. The number of ketones is 1. The van der Waals surface area contributed by atoms with E-state index in [1.165, 1.54) is 31.4 Å². The summed E-state index contributed by atoms with van der Waals surface area (Å²) < 4.78 is 16.9. The van der Waals surface area contributed by atoms with Crippen molar-refractivity contribution < 1.29 is 38.3 Å². The molecule has 1 heterocycles. The maximum Gasteiger partial charge on any atom is 0.356 e. The second kappa shape index (κ2) is 11.6. The summed E-state index contributed by atoms with van der Waals surface area (Å²) in [7, 11) is -1.00. The molecule has 1 aliphatic heterocycles. The molecule has 1 aromatic rings. The van der Waals surface area contributed by atoms with Crippen LogP contribution in [0.3, 0.4) is 0 Å². The van der Waals surface area contributed by atoms with Gasteiger partial charge in [0.1, 0.15) is 12.7 Å². The van der Waals surface area contributed by atoms with Gasteiger partial charge in [0.25, 0.3) is 5.69 Å². The Balaban J connectivity index is 2.24. The van der Waals surface area contributed by atoms with Crippen molar-refractivity contribution >= 4 is 31.7 Å². The molecular weight excluding hydrogens is 500 g/mol. The molecule has 1 saturated heterocycles. The van der Waals surface area contributed by atoms with E-state index in [1.807, 2.05) is 13.1 Å². The number of ether oxygens (including phenoxy) is 2. The van der Waals surface area contributed by atoms with E-state index in [-0.39, 0.29) is 17.3 Å². The lowest BCUT2D eigenvalue weighted by molar-refractivity contribution is -0.384. The number of aliphatic hydroxyl groups is 1. The number of nitro benzene ring substituents is 1. The number of benzene rings is 1. The number of nitro groups is 1. The van der Waals surface area contributed by atoms with Gasteiger partial charge in [0.15, 0.2) is 14.1 Å². The van der Waals surface area contributed by atoms with E-state index < -0.39 is 61.3 Å². The average Bonchev–Trinajstić information content (AvgIpc) is 2.81. The fraction of sp³-hybridized carbons (Fsp3) is 0.560. The number of hydrogen-bond donors (Lipinski definition) is 1. The van der Waals surface area contributed by atoms with E-state index in [1.54, 1.807) is 6.92 Å². The molecule has 1 N–H and O–H groups in total. The fourth-order valence-corrected chi connectivity index (χ4v) is 5.39. The monoisotopic (exact) mass is 536 g/mol. The van der Waals surface area contributed by atoms with Crippen molar-refractivity contribution in [2.75, 3.05) is 7.11 Å². The van der Waals surface area contributed by atoms with Gasteiger partial charge in [-0.15, -0.1) is 0 Å². The third kappa shape index (κ3) is 6.50. The molecule has 0 bridgehead atoms. The Morgan fingerprint density at radius 1 is 1.27 bits per heavy atom. The minimum Gasteiger partial charge on any atom is -0.457 e. The van der Waals surface area contributed by atoms with Gasteiger partial charge in [0.05, 0.1) is 23.0 Å². The van der Waals surface area contributed by atoms with Crippen LogP contribution >= 0.6 is 0 Å². The normalized spacial score (nSPS) is 20.4. The summed E-state index contributed by atoms with van der Waals surface area (Å²) >= 11 is 0. The topological polar surface area (TPSA) is 146 Å². The lowest BCUT2D eigenvalue weighted by Gasteiger charge is -2.53. The Hall–Kier alpha value is -2.93. The molecule has 0 aliphatic carbocycles. The summed E-state index contributed by atoms with van der Waals surface area (Å²) in [5.41, 5.74) is 0.324. The number of nitrogens with zero attached hydrogens (tertiary/aromatic N) is 2. The van der Waals surface area contributed by atoms with E-state index in [0.717, 1.165) is 11.0 Å². The van der Waals surface area contributed by atoms with E-state index in [2.05, 4.69) is 27.4 Å². The van der Waals surface area contributed by atoms with Crippen LogP contribution in [0.25, 0.3) is 0 Å². The van der Waals surface area contributed by atoms with E-state index in [4.69, 9.17) is 13.9 Å². The van der Waals surface area contributed by atoms with E-state index in [0.29, 0.717) is 5.56 Å². The first-order chi connectivity index (χ1) is 17.1. The van der Waals surface area contributed by atoms with Crippen LogP contribution in [0.1, 0.15) is 33.3 Å². The molecule has 11 nitrogen and oxygen atoms in total. The zero-order valence-electron chi connectivity index (χ0n) is 22.3. The van der Waals surface area contributed by atoms with Gasteiger partial charge < -0.3 is 23.9 Å². The Morgan fingerprint density at radius 2 is 1.84 bits per heavy atom. The molecule has 204 valence electrons. The van der Waals surface area contributed by atoms with Gasteiger partial charge in [-0.1, -0.05) is 27.4 Å². The number of non-ortho nitro benzene ring substituents is 1. The van der Waals surface area contributed by atoms with Crippen LogP contribution in [0.15, 0.2) is 36.9 Å². The molecule has 1 aromatic carbocycles. The van der Waals surface area contributed by atoms with E-state index >= 15 is 0 Å². The Labute approximate surface area is 217 Å². The van der Waals surface area contributed by atoms with Crippen molar-refractivity contribution in [1.29, 1.82) is 0 Å². The number of aliphatic hydroxyl groups excluding tert-OH is 1. The van der Waals surface area contributed by atoms with Gasteiger partial charge in [-0.25, -0.2) is 4.79 Å². The number of rotatable bonds is 12. The Kier molecular flexibility index (Phi) is 9.52. The zero-order valence-corrected chi connectivity index (χ0v) is 23.3. The average molecular weight is 537 g/mol. The minimum absolute atomic E-state index is 0.123. The Bertz CT molecular complexity index is 1040. The SMILES string of the molecule is C=CC(=O)C(OC)[C@H]1[C@@H]([C@@H](C)O[Si](C)(C)C(C)(C)C)C(=O)N1C(O)C(=O)OCc1ccc([N+](=O)[O-])cc1. The van der Waals surface area contributed by atoms with Crippen molar-refractivity contribution in [3.8, 4) is 0 Å². The highest BCUT2D eigenvalue weighted by atomic mass is 28.4. The van der Waals surface area contributed by atoms with Gasteiger partial charge in [-0.3, -0.25) is 19.7 Å². The number of β-lactam (4-membered cyclic amide) rings is 1. The highest BCUT2D eigenvalue weighted by Crippen LogP contribution is 2.42. The molecule has 5 atom stereocenters. The molecule has 0 aromatic heterocycles. The van der Waals surface area contributed by atoms with Crippen molar-refractivity contribution in [1.82, 2.24) is 4.90 Å². The highest BCUT2D eigenvalue weighted by molar-refractivity contribution is 6.74. The summed E-state index contributed by atoms with van der Waals surface area (Å²) in [6.07, 6.45) is -2.73. The third-order valence-electron chi connectivity index (χ3n) is 7.07. The van der Waals surface area contributed by atoms with Crippen molar-refractivity contribution in [3.05, 3.63) is 52.6 Å². The largest absolute Gasteiger partial charge is 0.457 e. The molecule has 1 fully saturated rings. The summed E-state index contributed by atoms with van der Waals surface area (Å²) in [6.45, 7) is 15.2. The molecule has 12 heteroatoms. The fourth-order valence-electron chi connectivity index (χ4n) is 3.96. The van der Waals surface area contributed by atoms with Gasteiger partial charge in [0.2, 0.25) is 12.1 Å². The van der Waals surface area contributed by atoms with Crippen LogP contribution < -0.4 is 0 Å². The predicted octanol–water partition coefficient (Wildman–Crippen LogP) is 2.96. The maximum absolute atomic E-state index is 13.2. The van der Waals surface area contributed by atoms with Gasteiger partial charge in [-0.2, -0.15) is 0 Å². The predicted molar refractivity (Wildman–Crippen MR) is 137 cm³/mol. The standard InChI is InChI=1S/C25H36N2O9Si/c1-9-18(28)21(34-6)20-19(15(2)36-37(7,8)25(3,4)5)22(29)26(20)23(30)24(31)35-14-16-10-12-17(13-11-16)27(32)33/h9-13,15,19-21,23,30H,1,14H2,2-8H3/t15-,19-,20-,21?,23?/m1/s1. The van der Waals surface area contributed by atoms with Crippen LogP contribution in [0, 0.1) is 16.0 Å². The quantitative estimate of drug-likeness (QED) is 0.106. The minimum atomic E-state index is -2.30. The van der Waals surface area contributed by atoms with Crippen LogP contribution in [0.2, 0.25) is 18.1 Å². The van der Waals surface area contributed by atoms with Gasteiger partial charge >= 0.3 is 5.97 Å². The molecular formula is C25H36N2O9Si. The molecule has 0 spiro atoms. The van der Waals surface area contributed by atoms with Gasteiger partial charge in [-0.05, 0) is 48.8 Å². The van der Waals surface area contributed by atoms with Crippen LogP contribution in [0.5, 0.6) is 0 Å². The molecule has 2 unspecified atom stereocenters. The van der Waals surface area contributed by atoms with Gasteiger partial charge in [0, 0.05) is 19.2 Å². The molecule has 1 aliphatic rings. The molecule has 2 rings (SSSR count).